The average Bonchev–Trinajstić information content (AvgIpc) is 2.73. The number of ketones is 1. The molecule has 0 N–H and O–H groups in total. The summed E-state index contributed by atoms with van der Waals surface area (Å²) >= 11 is 5.97. The van der Waals surface area contributed by atoms with E-state index < -0.39 is 11.6 Å². The summed E-state index contributed by atoms with van der Waals surface area (Å²) in [6.45, 7) is 0. The Morgan fingerprint density at radius 2 is 2.26 bits per heavy atom. The number of rotatable bonds is 1. The van der Waals surface area contributed by atoms with Crippen LogP contribution in [0.2, 0.25) is 5.02 Å². The maximum Gasteiger partial charge on any atom is 0.355 e. The van der Waals surface area contributed by atoms with Crippen LogP contribution in [0.3, 0.4) is 0 Å². The number of carbonyl (C=O) groups excluding carboxylic acids is 2. The Labute approximate surface area is 115 Å². The van der Waals surface area contributed by atoms with Crippen molar-refractivity contribution in [3.8, 4) is 5.75 Å². The molecule has 1 aromatic rings. The minimum absolute atomic E-state index is 0.0223. The van der Waals surface area contributed by atoms with E-state index in [1.807, 2.05) is 0 Å². The minimum Gasteiger partial charge on any atom is -0.470 e. The highest BCUT2D eigenvalue weighted by Crippen LogP contribution is 2.49. The van der Waals surface area contributed by atoms with Crippen LogP contribution in [0.4, 0.5) is 0 Å². The molecular formula is C14H11ClO4. The zero-order valence-electron chi connectivity index (χ0n) is 10.2. The molecule has 1 atom stereocenters. The molecule has 19 heavy (non-hydrogen) atoms. The Kier molecular flexibility index (Phi) is 2.64. The van der Waals surface area contributed by atoms with E-state index in [2.05, 4.69) is 0 Å². The van der Waals surface area contributed by atoms with Gasteiger partial charge in [-0.25, -0.2) is 4.79 Å². The Bertz CT molecular complexity index is 620. The lowest BCUT2D eigenvalue weighted by atomic mass is 9.81. The van der Waals surface area contributed by atoms with Gasteiger partial charge in [-0.2, -0.15) is 0 Å². The Morgan fingerprint density at radius 3 is 3.00 bits per heavy atom. The summed E-state index contributed by atoms with van der Waals surface area (Å²) in [7, 11) is 1.31. The van der Waals surface area contributed by atoms with Crippen LogP contribution in [-0.4, -0.2) is 24.5 Å². The van der Waals surface area contributed by atoms with Gasteiger partial charge in [-0.1, -0.05) is 11.6 Å². The molecule has 0 bridgehead atoms. The van der Waals surface area contributed by atoms with Crippen LogP contribution >= 0.6 is 11.6 Å². The first-order chi connectivity index (χ1) is 9.06. The van der Waals surface area contributed by atoms with E-state index >= 15 is 0 Å². The molecule has 1 aliphatic carbocycles. The lowest BCUT2D eigenvalue weighted by Gasteiger charge is -2.29. The molecule has 4 nitrogen and oxygen atoms in total. The second-order valence-electron chi connectivity index (χ2n) is 4.59. The number of allylic oxidation sites excluding steroid dienone is 1. The van der Waals surface area contributed by atoms with Crippen molar-refractivity contribution < 1.29 is 19.1 Å². The van der Waals surface area contributed by atoms with Crippen molar-refractivity contribution in [1.29, 1.82) is 0 Å². The molecule has 0 saturated heterocycles. The van der Waals surface area contributed by atoms with Crippen LogP contribution in [0, 0.1) is 0 Å². The van der Waals surface area contributed by atoms with Crippen LogP contribution in [-0.2, 0) is 14.3 Å². The first kappa shape index (κ1) is 12.2. The number of benzene rings is 1. The normalized spacial score (nSPS) is 24.1. The number of ether oxygens (including phenoxy) is 2. The van der Waals surface area contributed by atoms with Crippen molar-refractivity contribution in [1.82, 2.24) is 0 Å². The number of methoxy groups -OCH3 is 1. The van der Waals surface area contributed by atoms with Crippen molar-refractivity contribution in [2.24, 2.45) is 0 Å². The lowest BCUT2D eigenvalue weighted by molar-refractivity contribution is -0.154. The fraction of sp³-hybridized carbons (Fsp3) is 0.286. The summed E-state index contributed by atoms with van der Waals surface area (Å²) in [5.74, 6) is 0.0419. The first-order valence-corrected chi connectivity index (χ1v) is 6.27. The van der Waals surface area contributed by atoms with E-state index in [1.54, 1.807) is 18.2 Å². The van der Waals surface area contributed by atoms with Gasteiger partial charge in [0.25, 0.3) is 0 Å². The van der Waals surface area contributed by atoms with Crippen LogP contribution in [0.1, 0.15) is 18.4 Å². The smallest absolute Gasteiger partial charge is 0.355 e. The van der Waals surface area contributed by atoms with Gasteiger partial charge in [0, 0.05) is 29.0 Å². The first-order valence-electron chi connectivity index (χ1n) is 5.89. The molecule has 0 radical (unpaired) electrons. The Morgan fingerprint density at radius 1 is 1.47 bits per heavy atom. The van der Waals surface area contributed by atoms with Crippen LogP contribution in [0.25, 0.3) is 5.57 Å². The monoisotopic (exact) mass is 278 g/mol. The Balaban J connectivity index is 2.21. The zero-order valence-corrected chi connectivity index (χ0v) is 11.0. The highest BCUT2D eigenvalue weighted by Gasteiger charge is 2.53. The number of hydrogen-bond acceptors (Lipinski definition) is 4. The van der Waals surface area contributed by atoms with Gasteiger partial charge in [-0.05, 0) is 24.3 Å². The maximum absolute atomic E-state index is 12.1. The van der Waals surface area contributed by atoms with E-state index in [1.165, 1.54) is 13.2 Å². The largest absolute Gasteiger partial charge is 0.470 e. The van der Waals surface area contributed by atoms with E-state index in [0.717, 1.165) is 0 Å². The molecular weight excluding hydrogens is 268 g/mol. The van der Waals surface area contributed by atoms with Gasteiger partial charge in [0.15, 0.2) is 5.78 Å². The molecule has 0 amide bonds. The zero-order chi connectivity index (χ0) is 13.6. The van der Waals surface area contributed by atoms with Crippen LogP contribution in [0.15, 0.2) is 24.3 Å². The standard InChI is InChI=1S/C14H11ClO4/c1-18-13(17)14-5-4-9(16)7-11(14)10-6-8(15)2-3-12(10)19-14/h2-3,6-7H,4-5H2,1H3/t14-/m1/s1. The lowest BCUT2D eigenvalue weighted by Crippen LogP contribution is -2.45. The summed E-state index contributed by atoms with van der Waals surface area (Å²) in [4.78, 5) is 23.7. The van der Waals surface area contributed by atoms with Crippen molar-refractivity contribution in [3.05, 3.63) is 34.9 Å². The number of halogens is 1. The Hall–Kier alpha value is -1.81. The molecule has 0 fully saturated rings. The summed E-state index contributed by atoms with van der Waals surface area (Å²) in [6.07, 6.45) is 2.01. The third kappa shape index (κ3) is 1.67. The third-order valence-corrected chi connectivity index (χ3v) is 3.73. The highest BCUT2D eigenvalue weighted by atomic mass is 35.5. The van der Waals surface area contributed by atoms with E-state index in [0.29, 0.717) is 21.9 Å². The number of fused-ring (bicyclic) bond motifs is 3. The second kappa shape index (κ2) is 4.10. The van der Waals surface area contributed by atoms with E-state index in [-0.39, 0.29) is 18.6 Å². The number of esters is 1. The molecule has 2 aliphatic rings. The summed E-state index contributed by atoms with van der Waals surface area (Å²) in [5, 5.41) is 0.530. The molecule has 1 aliphatic heterocycles. The molecule has 0 saturated carbocycles. The van der Waals surface area contributed by atoms with Crippen molar-refractivity contribution in [2.75, 3.05) is 7.11 Å². The fourth-order valence-electron chi connectivity index (χ4n) is 2.59. The van der Waals surface area contributed by atoms with Gasteiger partial charge in [0.2, 0.25) is 5.60 Å². The molecule has 1 aromatic carbocycles. The second-order valence-corrected chi connectivity index (χ2v) is 5.02. The average molecular weight is 279 g/mol. The third-order valence-electron chi connectivity index (χ3n) is 3.49. The molecule has 0 aromatic heterocycles. The number of hydrogen-bond donors (Lipinski definition) is 0. The van der Waals surface area contributed by atoms with Gasteiger partial charge in [0.1, 0.15) is 5.75 Å². The fourth-order valence-corrected chi connectivity index (χ4v) is 2.76. The van der Waals surface area contributed by atoms with Crippen LogP contribution < -0.4 is 4.74 Å². The highest BCUT2D eigenvalue weighted by molar-refractivity contribution is 6.31. The van der Waals surface area contributed by atoms with Gasteiger partial charge >= 0.3 is 5.97 Å². The molecule has 1 heterocycles. The summed E-state index contributed by atoms with van der Waals surface area (Å²) in [5.41, 5.74) is 0.0365. The predicted octanol–water partition coefficient (Wildman–Crippen LogP) is 2.39. The maximum atomic E-state index is 12.1. The van der Waals surface area contributed by atoms with Gasteiger partial charge in [-0.3, -0.25) is 4.79 Å². The van der Waals surface area contributed by atoms with E-state index in [4.69, 9.17) is 21.1 Å². The quantitative estimate of drug-likeness (QED) is 0.740. The molecule has 0 unspecified atom stereocenters. The van der Waals surface area contributed by atoms with Crippen LogP contribution in [0.5, 0.6) is 5.75 Å². The van der Waals surface area contributed by atoms with Crippen molar-refractivity contribution in [3.63, 3.8) is 0 Å². The van der Waals surface area contributed by atoms with Gasteiger partial charge in [-0.15, -0.1) is 0 Å². The van der Waals surface area contributed by atoms with Crippen molar-refractivity contribution in [2.45, 2.75) is 18.4 Å². The molecule has 3 rings (SSSR count). The molecule has 0 spiro atoms. The van der Waals surface area contributed by atoms with Crippen molar-refractivity contribution >= 4 is 28.9 Å². The summed E-state index contributed by atoms with van der Waals surface area (Å²) < 4.78 is 10.6. The topological polar surface area (TPSA) is 52.6 Å². The van der Waals surface area contributed by atoms with E-state index in [9.17, 15) is 9.59 Å². The number of carbonyl (C=O) groups is 2. The molecule has 5 heteroatoms. The minimum atomic E-state index is -1.20. The SMILES string of the molecule is COC(=O)[C@@]12CCC(=O)C=C1c1cc(Cl)ccc1O2. The van der Waals surface area contributed by atoms with Gasteiger partial charge < -0.3 is 9.47 Å². The molecule has 98 valence electrons. The summed E-state index contributed by atoms with van der Waals surface area (Å²) in [6, 6.07) is 5.09. The van der Waals surface area contributed by atoms with Gasteiger partial charge in [0.05, 0.1) is 7.11 Å². The predicted molar refractivity (Wildman–Crippen MR) is 69.0 cm³/mol.